The van der Waals surface area contributed by atoms with Crippen molar-refractivity contribution in [3.8, 4) is 10.6 Å². The van der Waals surface area contributed by atoms with Crippen LogP contribution in [0.5, 0.6) is 0 Å². The normalized spacial score (nSPS) is 12.5. The molecule has 96 valence electrons. The number of nitrogens with zero attached hydrogens (tertiary/aromatic N) is 2. The highest BCUT2D eigenvalue weighted by atomic mass is 127. The highest BCUT2D eigenvalue weighted by Gasteiger charge is 2.17. The number of hydrogen-bond acceptors (Lipinski definition) is 4. The third kappa shape index (κ3) is 2.99. The number of thiophene rings is 1. The van der Waals surface area contributed by atoms with E-state index in [-0.39, 0.29) is 5.38 Å². The summed E-state index contributed by atoms with van der Waals surface area (Å²) in [5, 5.41) is 12.1. The molecule has 1 aromatic carbocycles. The minimum absolute atomic E-state index is 0.231. The second-order valence-corrected chi connectivity index (χ2v) is 8.11. The Morgan fingerprint density at radius 2 is 1.95 bits per heavy atom. The molecule has 2 aromatic heterocycles. The van der Waals surface area contributed by atoms with Crippen LogP contribution < -0.4 is 0 Å². The molecular formula is C13H8ClIN2S2. The summed E-state index contributed by atoms with van der Waals surface area (Å²) in [6.07, 6.45) is 0. The summed E-state index contributed by atoms with van der Waals surface area (Å²) in [5.41, 5.74) is 2.17. The van der Waals surface area contributed by atoms with Crippen LogP contribution in [-0.4, -0.2) is 10.2 Å². The maximum atomic E-state index is 6.45. The van der Waals surface area contributed by atoms with Crippen LogP contribution in [-0.2, 0) is 0 Å². The van der Waals surface area contributed by atoms with Crippen molar-refractivity contribution in [2.24, 2.45) is 0 Å². The molecule has 1 unspecified atom stereocenters. The van der Waals surface area contributed by atoms with Crippen LogP contribution in [0.25, 0.3) is 10.6 Å². The first-order valence-electron chi connectivity index (χ1n) is 5.51. The molecule has 19 heavy (non-hydrogen) atoms. The van der Waals surface area contributed by atoms with E-state index in [2.05, 4.69) is 44.2 Å². The van der Waals surface area contributed by atoms with Crippen molar-refractivity contribution >= 4 is 56.9 Å². The molecule has 3 rings (SSSR count). The summed E-state index contributed by atoms with van der Waals surface area (Å²) in [7, 11) is 0. The zero-order valence-corrected chi connectivity index (χ0v) is 14.1. The fourth-order valence-electron chi connectivity index (χ4n) is 1.64. The lowest BCUT2D eigenvalue weighted by molar-refractivity contribution is 0.988. The fourth-order valence-corrected chi connectivity index (χ4v) is 4.21. The van der Waals surface area contributed by atoms with Gasteiger partial charge >= 0.3 is 0 Å². The molecule has 0 fully saturated rings. The van der Waals surface area contributed by atoms with Gasteiger partial charge in [0.25, 0.3) is 0 Å². The topological polar surface area (TPSA) is 25.8 Å². The van der Waals surface area contributed by atoms with Crippen LogP contribution in [0.3, 0.4) is 0 Å². The number of rotatable bonds is 3. The number of benzene rings is 1. The van der Waals surface area contributed by atoms with Gasteiger partial charge in [0.1, 0.15) is 15.4 Å². The van der Waals surface area contributed by atoms with Gasteiger partial charge in [-0.3, -0.25) is 0 Å². The predicted molar refractivity (Wildman–Crippen MR) is 90.1 cm³/mol. The molecule has 0 spiro atoms. The Labute approximate surface area is 137 Å². The molecule has 0 bridgehead atoms. The van der Waals surface area contributed by atoms with Crippen LogP contribution in [0.15, 0.2) is 41.8 Å². The molecule has 6 heteroatoms. The molecule has 0 aliphatic heterocycles. The second kappa shape index (κ2) is 5.87. The zero-order chi connectivity index (χ0) is 13.2. The van der Waals surface area contributed by atoms with Crippen molar-refractivity contribution in [1.82, 2.24) is 10.2 Å². The quantitative estimate of drug-likeness (QED) is 0.431. The SMILES string of the molecule is ClC(c1ccccc1)c1nnc(-c2csc(I)c2)s1. The number of hydrogen-bond donors (Lipinski definition) is 0. The van der Waals surface area contributed by atoms with E-state index in [9.17, 15) is 0 Å². The van der Waals surface area contributed by atoms with E-state index < -0.39 is 0 Å². The van der Waals surface area contributed by atoms with E-state index in [0.29, 0.717) is 0 Å². The third-order valence-electron chi connectivity index (χ3n) is 2.56. The average Bonchev–Trinajstić information content (AvgIpc) is 3.07. The van der Waals surface area contributed by atoms with Crippen molar-refractivity contribution in [3.05, 3.63) is 55.2 Å². The maximum Gasteiger partial charge on any atom is 0.148 e. The monoisotopic (exact) mass is 418 g/mol. The first-order valence-corrected chi connectivity index (χ1v) is 8.72. The van der Waals surface area contributed by atoms with Gasteiger partial charge in [-0.2, -0.15) is 0 Å². The lowest BCUT2D eigenvalue weighted by Crippen LogP contribution is -1.91. The minimum atomic E-state index is -0.231. The van der Waals surface area contributed by atoms with E-state index in [0.717, 1.165) is 21.1 Å². The Morgan fingerprint density at radius 3 is 2.63 bits per heavy atom. The Balaban J connectivity index is 1.89. The molecule has 2 heterocycles. The number of halogens is 2. The van der Waals surface area contributed by atoms with Crippen LogP contribution in [0.4, 0.5) is 0 Å². The molecule has 0 N–H and O–H groups in total. The molecule has 3 aromatic rings. The summed E-state index contributed by atoms with van der Waals surface area (Å²) in [4.78, 5) is 0. The molecule has 0 saturated carbocycles. The van der Waals surface area contributed by atoms with Gasteiger partial charge in [-0.15, -0.1) is 33.1 Å². The first-order chi connectivity index (χ1) is 9.24. The van der Waals surface area contributed by atoms with Gasteiger partial charge < -0.3 is 0 Å². The van der Waals surface area contributed by atoms with Crippen molar-refractivity contribution in [1.29, 1.82) is 0 Å². The van der Waals surface area contributed by atoms with E-state index >= 15 is 0 Å². The Hall–Kier alpha value is -0.500. The molecule has 0 amide bonds. The smallest absolute Gasteiger partial charge is 0.141 e. The van der Waals surface area contributed by atoms with Gasteiger partial charge in [-0.25, -0.2) is 0 Å². The van der Waals surface area contributed by atoms with Crippen molar-refractivity contribution in [2.75, 3.05) is 0 Å². The third-order valence-corrected chi connectivity index (χ3v) is 5.98. The summed E-state index contributed by atoms with van der Waals surface area (Å²) >= 11 is 12.0. The Morgan fingerprint density at radius 1 is 1.16 bits per heavy atom. The summed E-state index contributed by atoms with van der Waals surface area (Å²) < 4.78 is 1.25. The molecule has 0 radical (unpaired) electrons. The molecule has 0 aliphatic carbocycles. The van der Waals surface area contributed by atoms with Crippen LogP contribution in [0, 0.1) is 2.88 Å². The van der Waals surface area contributed by atoms with Gasteiger partial charge in [-0.1, -0.05) is 41.7 Å². The Kier molecular flexibility index (Phi) is 4.16. The van der Waals surface area contributed by atoms with Gasteiger partial charge in [0, 0.05) is 10.9 Å². The van der Waals surface area contributed by atoms with E-state index in [1.54, 1.807) is 22.7 Å². The first kappa shape index (κ1) is 13.5. The van der Waals surface area contributed by atoms with E-state index in [1.807, 2.05) is 30.3 Å². The lowest BCUT2D eigenvalue weighted by atomic mass is 10.1. The fraction of sp³-hybridized carbons (Fsp3) is 0.0769. The van der Waals surface area contributed by atoms with E-state index in [1.165, 1.54) is 2.88 Å². The van der Waals surface area contributed by atoms with Gasteiger partial charge in [0.05, 0.1) is 2.88 Å². The van der Waals surface area contributed by atoms with Gasteiger partial charge in [-0.05, 0) is 34.2 Å². The maximum absolute atomic E-state index is 6.45. The molecule has 0 saturated heterocycles. The van der Waals surface area contributed by atoms with Gasteiger partial charge in [0.15, 0.2) is 0 Å². The highest BCUT2D eigenvalue weighted by molar-refractivity contribution is 14.1. The zero-order valence-electron chi connectivity index (χ0n) is 9.59. The van der Waals surface area contributed by atoms with Crippen LogP contribution in [0.1, 0.15) is 15.9 Å². The van der Waals surface area contributed by atoms with Gasteiger partial charge in [0.2, 0.25) is 0 Å². The lowest BCUT2D eigenvalue weighted by Gasteiger charge is -2.04. The largest absolute Gasteiger partial charge is 0.148 e. The van der Waals surface area contributed by atoms with Crippen molar-refractivity contribution in [3.63, 3.8) is 0 Å². The Bertz CT molecular complexity index is 681. The standard InChI is InChI=1S/C13H8ClIN2S2/c14-11(8-4-2-1-3-5-8)13-17-16-12(19-13)9-6-10(15)18-7-9/h1-7,11H. The number of alkyl halides is 1. The summed E-state index contributed by atoms with van der Waals surface area (Å²) in [6.45, 7) is 0. The van der Waals surface area contributed by atoms with Crippen molar-refractivity contribution in [2.45, 2.75) is 5.38 Å². The second-order valence-electron chi connectivity index (χ2n) is 3.86. The molecular weight excluding hydrogens is 411 g/mol. The minimum Gasteiger partial charge on any atom is -0.141 e. The van der Waals surface area contributed by atoms with Crippen molar-refractivity contribution < 1.29 is 0 Å². The predicted octanol–water partition coefficient (Wildman–Crippen LogP) is 5.20. The summed E-state index contributed by atoms with van der Waals surface area (Å²) in [5.74, 6) is 0. The summed E-state index contributed by atoms with van der Waals surface area (Å²) in [6, 6.07) is 12.1. The molecule has 2 nitrogen and oxygen atoms in total. The highest BCUT2D eigenvalue weighted by Crippen LogP contribution is 2.35. The molecule has 0 aliphatic rings. The molecule has 1 atom stereocenters. The van der Waals surface area contributed by atoms with E-state index in [4.69, 9.17) is 11.6 Å². The average molecular weight is 419 g/mol. The van der Waals surface area contributed by atoms with Crippen LogP contribution >= 0.6 is 56.9 Å². The number of aromatic nitrogens is 2. The van der Waals surface area contributed by atoms with Crippen LogP contribution in [0.2, 0.25) is 0 Å².